The van der Waals surface area contributed by atoms with Crippen LogP contribution in [0.5, 0.6) is 0 Å². The molecule has 0 radical (unpaired) electrons. The van der Waals surface area contributed by atoms with Gasteiger partial charge in [-0.25, -0.2) is 4.79 Å². The Kier molecular flexibility index (Phi) is 6.07. The first kappa shape index (κ1) is 16.6. The zero-order valence-corrected chi connectivity index (χ0v) is 12.9. The monoisotopic (exact) mass is 295 g/mol. The van der Waals surface area contributed by atoms with E-state index < -0.39 is 5.97 Å². The smallest absolute Gasteiger partial charge is 0.336 e. The standard InChI is InChI=1S/C15H21NO3S/c1-9(2)7-11(8-20)14(17)16-13-6-4-5-12(10(13)3)15(18)19/h4-6,9,11,20H,7-8H2,1-3H3,(H,16,17)(H,18,19). The molecule has 0 bridgehead atoms. The minimum absolute atomic E-state index is 0.112. The molecule has 0 aromatic heterocycles. The third kappa shape index (κ3) is 4.27. The molecular weight excluding hydrogens is 274 g/mol. The predicted octanol–water partition coefficient (Wildman–Crippen LogP) is 3.22. The molecule has 0 spiro atoms. The number of thiol groups is 1. The lowest BCUT2D eigenvalue weighted by atomic mass is 9.97. The largest absolute Gasteiger partial charge is 0.478 e. The highest BCUT2D eigenvalue weighted by atomic mass is 32.1. The molecule has 1 aromatic rings. The van der Waals surface area contributed by atoms with E-state index in [-0.39, 0.29) is 17.4 Å². The van der Waals surface area contributed by atoms with Gasteiger partial charge in [-0.3, -0.25) is 4.79 Å². The lowest BCUT2D eigenvalue weighted by molar-refractivity contribution is -0.119. The van der Waals surface area contributed by atoms with E-state index in [2.05, 4.69) is 31.8 Å². The van der Waals surface area contributed by atoms with Crippen molar-refractivity contribution in [1.82, 2.24) is 0 Å². The molecule has 1 unspecified atom stereocenters. The maximum atomic E-state index is 12.2. The number of carboxylic acids is 1. The van der Waals surface area contributed by atoms with Crippen molar-refractivity contribution in [3.63, 3.8) is 0 Å². The van der Waals surface area contributed by atoms with Crippen LogP contribution < -0.4 is 5.32 Å². The number of benzene rings is 1. The molecule has 2 N–H and O–H groups in total. The quantitative estimate of drug-likeness (QED) is 0.706. The number of carboxylic acid groups (broad SMARTS) is 1. The average Bonchev–Trinajstić information content (AvgIpc) is 2.37. The molecular formula is C15H21NO3S. The van der Waals surface area contributed by atoms with Crippen LogP contribution in [-0.4, -0.2) is 22.7 Å². The summed E-state index contributed by atoms with van der Waals surface area (Å²) < 4.78 is 0. The van der Waals surface area contributed by atoms with E-state index in [0.29, 0.717) is 22.9 Å². The second-order valence-corrected chi connectivity index (χ2v) is 5.65. The number of carbonyl (C=O) groups excluding carboxylic acids is 1. The Bertz CT molecular complexity index is 500. The van der Waals surface area contributed by atoms with Gasteiger partial charge >= 0.3 is 5.97 Å². The fourth-order valence-electron chi connectivity index (χ4n) is 2.07. The molecule has 0 aliphatic rings. The number of rotatable bonds is 6. The van der Waals surface area contributed by atoms with Gasteiger partial charge in [0.25, 0.3) is 0 Å². The summed E-state index contributed by atoms with van der Waals surface area (Å²) in [6, 6.07) is 4.87. The summed E-state index contributed by atoms with van der Waals surface area (Å²) in [5.74, 6) is -0.400. The van der Waals surface area contributed by atoms with Crippen molar-refractivity contribution in [2.45, 2.75) is 27.2 Å². The molecule has 1 atom stereocenters. The van der Waals surface area contributed by atoms with Crippen molar-refractivity contribution in [1.29, 1.82) is 0 Å². The predicted molar refractivity (Wildman–Crippen MR) is 83.6 cm³/mol. The Balaban J connectivity index is 2.90. The normalized spacial score (nSPS) is 12.2. The third-order valence-corrected chi connectivity index (χ3v) is 3.61. The number of hydrogen-bond acceptors (Lipinski definition) is 3. The molecule has 0 aliphatic heterocycles. The van der Waals surface area contributed by atoms with Gasteiger partial charge in [-0.15, -0.1) is 0 Å². The molecule has 1 aromatic carbocycles. The van der Waals surface area contributed by atoms with Crippen molar-refractivity contribution in [3.05, 3.63) is 29.3 Å². The molecule has 110 valence electrons. The summed E-state index contributed by atoms with van der Waals surface area (Å²) in [5, 5.41) is 11.9. The summed E-state index contributed by atoms with van der Waals surface area (Å²) in [6.45, 7) is 5.80. The highest BCUT2D eigenvalue weighted by molar-refractivity contribution is 7.80. The molecule has 0 heterocycles. The van der Waals surface area contributed by atoms with Gasteiger partial charge in [-0.2, -0.15) is 12.6 Å². The maximum absolute atomic E-state index is 12.2. The Hall–Kier alpha value is -1.49. The second-order valence-electron chi connectivity index (χ2n) is 5.28. The van der Waals surface area contributed by atoms with Crippen LogP contribution in [0.2, 0.25) is 0 Å². The number of hydrogen-bond donors (Lipinski definition) is 3. The number of amides is 1. The Labute approximate surface area is 125 Å². The van der Waals surface area contributed by atoms with Gasteiger partial charge in [0.05, 0.1) is 5.56 Å². The second kappa shape index (κ2) is 7.33. The van der Waals surface area contributed by atoms with Gasteiger partial charge in [0, 0.05) is 17.4 Å². The van der Waals surface area contributed by atoms with E-state index in [1.165, 1.54) is 6.07 Å². The van der Waals surface area contributed by atoms with E-state index in [4.69, 9.17) is 5.11 Å². The van der Waals surface area contributed by atoms with Gasteiger partial charge in [-0.05, 0) is 37.0 Å². The first-order chi connectivity index (χ1) is 9.36. The van der Waals surface area contributed by atoms with E-state index in [9.17, 15) is 9.59 Å². The first-order valence-electron chi connectivity index (χ1n) is 6.61. The third-order valence-electron chi connectivity index (χ3n) is 3.17. The van der Waals surface area contributed by atoms with Crippen LogP contribution in [0.25, 0.3) is 0 Å². The maximum Gasteiger partial charge on any atom is 0.336 e. The minimum Gasteiger partial charge on any atom is -0.478 e. The Morgan fingerprint density at radius 1 is 1.35 bits per heavy atom. The SMILES string of the molecule is Cc1c(NC(=O)C(CS)CC(C)C)cccc1C(=O)O. The number of aromatic carboxylic acids is 1. The van der Waals surface area contributed by atoms with Crippen LogP contribution in [0.4, 0.5) is 5.69 Å². The van der Waals surface area contributed by atoms with Gasteiger partial charge in [0.15, 0.2) is 0 Å². The zero-order chi connectivity index (χ0) is 15.3. The molecule has 0 aliphatic carbocycles. The van der Waals surface area contributed by atoms with Gasteiger partial charge in [-0.1, -0.05) is 19.9 Å². The average molecular weight is 295 g/mol. The first-order valence-corrected chi connectivity index (χ1v) is 7.24. The van der Waals surface area contributed by atoms with Crippen molar-refractivity contribution in [3.8, 4) is 0 Å². The number of anilines is 1. The lowest BCUT2D eigenvalue weighted by Gasteiger charge is -2.18. The Morgan fingerprint density at radius 2 is 2.00 bits per heavy atom. The van der Waals surface area contributed by atoms with Crippen LogP contribution in [0.1, 0.15) is 36.2 Å². The van der Waals surface area contributed by atoms with Crippen molar-refractivity contribution in [2.75, 3.05) is 11.1 Å². The van der Waals surface area contributed by atoms with E-state index in [1.54, 1.807) is 19.1 Å². The van der Waals surface area contributed by atoms with Crippen LogP contribution in [-0.2, 0) is 4.79 Å². The highest BCUT2D eigenvalue weighted by Crippen LogP contribution is 2.21. The van der Waals surface area contributed by atoms with E-state index in [1.807, 2.05) is 0 Å². The van der Waals surface area contributed by atoms with Gasteiger partial charge in [0.1, 0.15) is 0 Å². The van der Waals surface area contributed by atoms with E-state index >= 15 is 0 Å². The van der Waals surface area contributed by atoms with Crippen LogP contribution in [0, 0.1) is 18.8 Å². The number of carbonyl (C=O) groups is 2. The molecule has 4 nitrogen and oxygen atoms in total. The zero-order valence-electron chi connectivity index (χ0n) is 12.0. The van der Waals surface area contributed by atoms with E-state index in [0.717, 1.165) is 6.42 Å². The molecule has 1 rings (SSSR count). The molecule has 0 fully saturated rings. The fraction of sp³-hybridized carbons (Fsp3) is 0.467. The van der Waals surface area contributed by atoms with Crippen molar-refractivity contribution < 1.29 is 14.7 Å². The minimum atomic E-state index is -0.994. The molecule has 20 heavy (non-hydrogen) atoms. The summed E-state index contributed by atoms with van der Waals surface area (Å²) in [4.78, 5) is 23.3. The summed E-state index contributed by atoms with van der Waals surface area (Å²) in [7, 11) is 0. The molecule has 0 saturated carbocycles. The molecule has 1 amide bonds. The van der Waals surface area contributed by atoms with Gasteiger partial charge in [0.2, 0.25) is 5.91 Å². The summed E-state index contributed by atoms with van der Waals surface area (Å²) in [5.41, 5.74) is 1.32. The van der Waals surface area contributed by atoms with Crippen LogP contribution >= 0.6 is 12.6 Å². The van der Waals surface area contributed by atoms with Crippen molar-refractivity contribution >= 4 is 30.2 Å². The summed E-state index contributed by atoms with van der Waals surface area (Å²) >= 11 is 4.22. The lowest BCUT2D eigenvalue weighted by Crippen LogP contribution is -2.26. The topological polar surface area (TPSA) is 66.4 Å². The van der Waals surface area contributed by atoms with Crippen LogP contribution in [0.15, 0.2) is 18.2 Å². The summed E-state index contributed by atoms with van der Waals surface area (Å²) in [6.07, 6.45) is 0.757. The molecule has 0 saturated heterocycles. The molecule has 5 heteroatoms. The highest BCUT2D eigenvalue weighted by Gasteiger charge is 2.20. The Morgan fingerprint density at radius 3 is 2.50 bits per heavy atom. The van der Waals surface area contributed by atoms with Crippen LogP contribution in [0.3, 0.4) is 0 Å². The van der Waals surface area contributed by atoms with Gasteiger partial charge < -0.3 is 10.4 Å². The van der Waals surface area contributed by atoms with Crippen molar-refractivity contribution in [2.24, 2.45) is 11.8 Å². The fourth-order valence-corrected chi connectivity index (χ4v) is 2.39. The number of nitrogens with one attached hydrogen (secondary N) is 1.